The highest BCUT2D eigenvalue weighted by molar-refractivity contribution is 5.97. The largest absolute Gasteiger partial charge is 0.465 e. The topological polar surface area (TPSA) is 52.6 Å². The summed E-state index contributed by atoms with van der Waals surface area (Å²) in [4.78, 5) is 23.5. The van der Waals surface area contributed by atoms with Gasteiger partial charge in [-0.2, -0.15) is 13.2 Å². The Labute approximate surface area is 135 Å². The predicted molar refractivity (Wildman–Crippen MR) is 79.6 cm³/mol. The molecule has 126 valence electrons. The van der Waals surface area contributed by atoms with E-state index in [1.807, 2.05) is 0 Å². The molecule has 2 aromatic carbocycles. The fraction of sp³-hybridized carbons (Fsp3) is 0.176. The van der Waals surface area contributed by atoms with Gasteiger partial charge in [-0.15, -0.1) is 0 Å². The summed E-state index contributed by atoms with van der Waals surface area (Å²) in [6.07, 6.45) is -4.50. The molecule has 7 heteroatoms. The summed E-state index contributed by atoms with van der Waals surface area (Å²) in [5.74, 6) is -1.43. The number of rotatable bonds is 3. The highest BCUT2D eigenvalue weighted by Gasteiger charge is 2.30. The van der Waals surface area contributed by atoms with Crippen LogP contribution in [0.1, 0.15) is 26.3 Å². The third kappa shape index (κ3) is 3.73. The Bertz CT molecular complexity index is 747. The number of hydrogen-bond acceptors (Lipinski definition) is 4. The molecule has 0 radical (unpaired) electrons. The smallest absolute Gasteiger partial charge is 0.416 e. The second-order valence-corrected chi connectivity index (χ2v) is 4.86. The maximum atomic E-state index is 12.9. The van der Waals surface area contributed by atoms with E-state index >= 15 is 0 Å². The van der Waals surface area contributed by atoms with Gasteiger partial charge >= 0.3 is 18.1 Å². The van der Waals surface area contributed by atoms with E-state index in [0.29, 0.717) is 0 Å². The van der Waals surface area contributed by atoms with Crippen LogP contribution in [0.2, 0.25) is 0 Å². The molecule has 4 nitrogen and oxygen atoms in total. The van der Waals surface area contributed by atoms with Gasteiger partial charge in [0.1, 0.15) is 0 Å². The third-order valence-electron chi connectivity index (χ3n) is 3.30. The van der Waals surface area contributed by atoms with Crippen molar-refractivity contribution in [3.05, 3.63) is 59.2 Å². The van der Waals surface area contributed by atoms with Gasteiger partial charge in [-0.05, 0) is 41.5 Å². The standard InChI is InChI=1S/C17H13F3O4/c1-23-15(21)12-6-11(7-13(8-12)16(22)24-2)10-4-3-5-14(9-10)17(18,19)20/h3-9H,1-2H3. The van der Waals surface area contributed by atoms with E-state index in [2.05, 4.69) is 9.47 Å². The minimum absolute atomic E-state index is 0.0350. The molecular weight excluding hydrogens is 325 g/mol. The first kappa shape index (κ1) is 17.5. The molecule has 0 aliphatic carbocycles. The molecule has 0 aromatic heterocycles. The van der Waals surface area contributed by atoms with Gasteiger partial charge in [0.15, 0.2) is 0 Å². The predicted octanol–water partition coefficient (Wildman–Crippen LogP) is 3.95. The second kappa shape index (κ2) is 6.74. The molecule has 0 amide bonds. The zero-order valence-corrected chi connectivity index (χ0v) is 12.8. The van der Waals surface area contributed by atoms with Crippen LogP contribution >= 0.6 is 0 Å². The number of ether oxygens (including phenoxy) is 2. The van der Waals surface area contributed by atoms with Gasteiger partial charge in [0.2, 0.25) is 0 Å². The van der Waals surface area contributed by atoms with Crippen LogP contribution in [-0.2, 0) is 15.7 Å². The zero-order chi connectivity index (χ0) is 17.9. The summed E-state index contributed by atoms with van der Waals surface area (Å²) in [7, 11) is 2.33. The van der Waals surface area contributed by atoms with Crippen LogP contribution in [0, 0.1) is 0 Å². The lowest BCUT2D eigenvalue weighted by Crippen LogP contribution is -2.07. The van der Waals surface area contributed by atoms with E-state index in [1.165, 1.54) is 30.3 Å². The van der Waals surface area contributed by atoms with Crippen molar-refractivity contribution in [3.8, 4) is 11.1 Å². The number of benzene rings is 2. The summed E-state index contributed by atoms with van der Waals surface area (Å²) >= 11 is 0. The molecule has 2 rings (SSSR count). The van der Waals surface area contributed by atoms with Crippen LogP contribution in [0.4, 0.5) is 13.2 Å². The molecule has 0 atom stereocenters. The molecule has 2 aromatic rings. The SMILES string of the molecule is COC(=O)c1cc(C(=O)OC)cc(-c2cccc(C(F)(F)F)c2)c1. The van der Waals surface area contributed by atoms with Crippen molar-refractivity contribution in [3.63, 3.8) is 0 Å². The molecule has 0 heterocycles. The molecule has 0 fully saturated rings. The monoisotopic (exact) mass is 338 g/mol. The van der Waals surface area contributed by atoms with Crippen molar-refractivity contribution in [2.45, 2.75) is 6.18 Å². The maximum absolute atomic E-state index is 12.9. The summed E-state index contributed by atoms with van der Waals surface area (Å²) in [5, 5.41) is 0. The fourth-order valence-electron chi connectivity index (χ4n) is 2.14. The number of hydrogen-bond donors (Lipinski definition) is 0. The van der Waals surface area contributed by atoms with Crippen LogP contribution in [0.5, 0.6) is 0 Å². The Kier molecular flexibility index (Phi) is 4.92. The third-order valence-corrected chi connectivity index (χ3v) is 3.30. The van der Waals surface area contributed by atoms with Crippen molar-refractivity contribution in [1.82, 2.24) is 0 Å². The Balaban J connectivity index is 2.61. The van der Waals surface area contributed by atoms with Gasteiger partial charge in [0.05, 0.1) is 30.9 Å². The van der Waals surface area contributed by atoms with Crippen LogP contribution < -0.4 is 0 Å². The van der Waals surface area contributed by atoms with E-state index in [0.717, 1.165) is 26.4 Å². The van der Waals surface area contributed by atoms with Crippen molar-refractivity contribution in [2.24, 2.45) is 0 Å². The maximum Gasteiger partial charge on any atom is 0.416 e. The molecule has 0 unspecified atom stereocenters. The highest BCUT2D eigenvalue weighted by atomic mass is 19.4. The lowest BCUT2D eigenvalue weighted by atomic mass is 9.98. The van der Waals surface area contributed by atoms with Gasteiger partial charge in [-0.1, -0.05) is 12.1 Å². The molecule has 0 spiro atoms. The molecular formula is C17H13F3O4. The molecule has 0 aliphatic heterocycles. The van der Waals surface area contributed by atoms with Crippen molar-refractivity contribution in [1.29, 1.82) is 0 Å². The Morgan fingerprint density at radius 3 is 1.83 bits per heavy atom. The summed E-state index contributed by atoms with van der Waals surface area (Å²) < 4.78 is 47.8. The number of alkyl halides is 3. The van der Waals surface area contributed by atoms with Crippen LogP contribution in [0.15, 0.2) is 42.5 Å². The van der Waals surface area contributed by atoms with E-state index in [9.17, 15) is 22.8 Å². The number of halogens is 3. The fourth-order valence-corrected chi connectivity index (χ4v) is 2.14. The minimum atomic E-state index is -4.50. The second-order valence-electron chi connectivity index (χ2n) is 4.86. The van der Waals surface area contributed by atoms with Gasteiger partial charge in [0.25, 0.3) is 0 Å². The van der Waals surface area contributed by atoms with Crippen molar-refractivity contribution in [2.75, 3.05) is 14.2 Å². The summed E-state index contributed by atoms with van der Waals surface area (Å²) in [6, 6.07) is 8.55. The molecule has 0 bridgehead atoms. The lowest BCUT2D eigenvalue weighted by Gasteiger charge is -2.11. The van der Waals surface area contributed by atoms with Gasteiger partial charge in [0, 0.05) is 0 Å². The van der Waals surface area contributed by atoms with Gasteiger partial charge in [-0.25, -0.2) is 9.59 Å². The minimum Gasteiger partial charge on any atom is -0.465 e. The van der Waals surface area contributed by atoms with E-state index in [4.69, 9.17) is 0 Å². The summed E-state index contributed by atoms with van der Waals surface area (Å²) in [5.41, 5.74) is -0.283. The van der Waals surface area contributed by atoms with Crippen molar-refractivity contribution >= 4 is 11.9 Å². The Hall–Kier alpha value is -2.83. The average molecular weight is 338 g/mol. The summed E-state index contributed by atoms with van der Waals surface area (Å²) in [6.45, 7) is 0. The quantitative estimate of drug-likeness (QED) is 0.796. The van der Waals surface area contributed by atoms with Crippen LogP contribution in [0.3, 0.4) is 0 Å². The highest BCUT2D eigenvalue weighted by Crippen LogP contribution is 2.32. The number of carbonyl (C=O) groups is 2. The lowest BCUT2D eigenvalue weighted by molar-refractivity contribution is -0.137. The van der Waals surface area contributed by atoms with E-state index < -0.39 is 23.7 Å². The Morgan fingerprint density at radius 2 is 1.38 bits per heavy atom. The van der Waals surface area contributed by atoms with Crippen LogP contribution in [0.25, 0.3) is 11.1 Å². The number of esters is 2. The molecule has 24 heavy (non-hydrogen) atoms. The number of methoxy groups -OCH3 is 2. The normalized spacial score (nSPS) is 11.0. The Morgan fingerprint density at radius 1 is 0.833 bits per heavy atom. The zero-order valence-electron chi connectivity index (χ0n) is 12.8. The first-order valence-corrected chi connectivity index (χ1v) is 6.75. The molecule has 0 saturated heterocycles. The number of carbonyl (C=O) groups excluding carboxylic acids is 2. The van der Waals surface area contributed by atoms with E-state index in [1.54, 1.807) is 0 Å². The van der Waals surface area contributed by atoms with Gasteiger partial charge in [-0.3, -0.25) is 0 Å². The first-order valence-electron chi connectivity index (χ1n) is 6.75. The van der Waals surface area contributed by atoms with Gasteiger partial charge < -0.3 is 9.47 Å². The van der Waals surface area contributed by atoms with E-state index in [-0.39, 0.29) is 22.3 Å². The average Bonchev–Trinajstić information content (AvgIpc) is 2.59. The molecule has 0 N–H and O–H groups in total. The molecule has 0 aliphatic rings. The molecule has 0 saturated carbocycles. The first-order chi connectivity index (χ1) is 11.3. The van der Waals surface area contributed by atoms with Crippen LogP contribution in [-0.4, -0.2) is 26.2 Å². The van der Waals surface area contributed by atoms with Crippen molar-refractivity contribution < 1.29 is 32.2 Å².